The van der Waals surface area contributed by atoms with Gasteiger partial charge in [-0.1, -0.05) is 22.0 Å². The Bertz CT molecular complexity index is 779. The van der Waals surface area contributed by atoms with Crippen molar-refractivity contribution in [2.24, 2.45) is 0 Å². The van der Waals surface area contributed by atoms with Crippen LogP contribution in [0.2, 0.25) is 0 Å². The Morgan fingerprint density at radius 1 is 1.14 bits per heavy atom. The summed E-state index contributed by atoms with van der Waals surface area (Å²) in [5.41, 5.74) is 10.6. The van der Waals surface area contributed by atoms with E-state index in [-0.39, 0.29) is 0 Å². The summed E-state index contributed by atoms with van der Waals surface area (Å²) in [6.45, 7) is 2.65. The van der Waals surface area contributed by atoms with Crippen molar-refractivity contribution in [3.8, 4) is 0 Å². The van der Waals surface area contributed by atoms with E-state index in [1.165, 1.54) is 0 Å². The molecule has 106 valence electrons. The highest BCUT2D eigenvalue weighted by molar-refractivity contribution is 9.10. The van der Waals surface area contributed by atoms with Crippen LogP contribution in [0.15, 0.2) is 47.2 Å². The maximum atomic E-state index is 6.07. The van der Waals surface area contributed by atoms with Crippen molar-refractivity contribution < 1.29 is 0 Å². The SMILES string of the molecule is Cc1ccc(CNc2c(N)cnc3ccc(Br)cc23)cn1. The summed E-state index contributed by atoms with van der Waals surface area (Å²) < 4.78 is 1.00. The van der Waals surface area contributed by atoms with Crippen LogP contribution < -0.4 is 11.1 Å². The largest absolute Gasteiger partial charge is 0.396 e. The highest BCUT2D eigenvalue weighted by atomic mass is 79.9. The predicted octanol–water partition coefficient (Wildman–Crippen LogP) is 3.90. The van der Waals surface area contributed by atoms with E-state index in [9.17, 15) is 0 Å². The van der Waals surface area contributed by atoms with Crippen molar-refractivity contribution >= 4 is 38.2 Å². The van der Waals surface area contributed by atoms with E-state index in [1.54, 1.807) is 6.20 Å². The summed E-state index contributed by atoms with van der Waals surface area (Å²) in [6, 6.07) is 10.0. The lowest BCUT2D eigenvalue weighted by molar-refractivity contribution is 1.09. The molecule has 0 aliphatic carbocycles. The van der Waals surface area contributed by atoms with E-state index in [0.29, 0.717) is 12.2 Å². The fourth-order valence-corrected chi connectivity index (χ4v) is 2.53. The van der Waals surface area contributed by atoms with Crippen LogP contribution in [0.1, 0.15) is 11.3 Å². The Labute approximate surface area is 131 Å². The molecule has 3 aromatic rings. The number of nitrogens with one attached hydrogen (secondary N) is 1. The molecule has 21 heavy (non-hydrogen) atoms. The average Bonchev–Trinajstić information content (AvgIpc) is 2.48. The van der Waals surface area contributed by atoms with Gasteiger partial charge in [0.15, 0.2) is 0 Å². The number of aryl methyl sites for hydroxylation is 1. The lowest BCUT2D eigenvalue weighted by Gasteiger charge is -2.12. The fraction of sp³-hybridized carbons (Fsp3) is 0.125. The van der Waals surface area contributed by atoms with Crippen LogP contribution in [0, 0.1) is 6.92 Å². The zero-order valence-corrected chi connectivity index (χ0v) is 13.2. The molecular formula is C16H15BrN4. The lowest BCUT2D eigenvalue weighted by atomic mass is 10.1. The van der Waals surface area contributed by atoms with Crippen LogP contribution in [0.5, 0.6) is 0 Å². The summed E-state index contributed by atoms with van der Waals surface area (Å²) in [7, 11) is 0. The molecule has 3 rings (SSSR count). The minimum absolute atomic E-state index is 0.640. The Balaban J connectivity index is 1.94. The minimum Gasteiger partial charge on any atom is -0.396 e. The van der Waals surface area contributed by atoms with Crippen LogP contribution in [0.4, 0.5) is 11.4 Å². The standard InChI is InChI=1S/C16H15BrN4/c1-10-2-3-11(7-19-10)8-21-16-13-6-12(17)4-5-15(13)20-9-14(16)18/h2-7,9H,8,18H2,1H3,(H,20,21). The zero-order chi connectivity index (χ0) is 14.8. The third-order valence-corrected chi connectivity index (χ3v) is 3.79. The highest BCUT2D eigenvalue weighted by Crippen LogP contribution is 2.30. The first-order valence-corrected chi connectivity index (χ1v) is 7.42. The zero-order valence-electron chi connectivity index (χ0n) is 11.6. The number of nitrogens with zero attached hydrogens (tertiary/aromatic N) is 2. The number of nitrogens with two attached hydrogens (primary N) is 1. The molecule has 1 aromatic carbocycles. The molecule has 0 atom stereocenters. The smallest absolute Gasteiger partial charge is 0.0743 e. The maximum Gasteiger partial charge on any atom is 0.0743 e. The van der Waals surface area contributed by atoms with Crippen molar-refractivity contribution in [1.29, 1.82) is 0 Å². The van der Waals surface area contributed by atoms with Crippen LogP contribution in [-0.4, -0.2) is 9.97 Å². The van der Waals surface area contributed by atoms with Crippen molar-refractivity contribution in [3.05, 3.63) is 58.5 Å². The average molecular weight is 343 g/mol. The van der Waals surface area contributed by atoms with E-state index < -0.39 is 0 Å². The third kappa shape index (κ3) is 2.97. The van der Waals surface area contributed by atoms with Gasteiger partial charge in [-0.3, -0.25) is 9.97 Å². The van der Waals surface area contributed by atoms with Gasteiger partial charge in [0, 0.05) is 28.3 Å². The number of aromatic nitrogens is 2. The number of anilines is 2. The molecular weight excluding hydrogens is 328 g/mol. The summed E-state index contributed by atoms with van der Waals surface area (Å²) in [5.74, 6) is 0. The predicted molar refractivity (Wildman–Crippen MR) is 90.2 cm³/mol. The molecule has 5 heteroatoms. The van der Waals surface area contributed by atoms with Crippen molar-refractivity contribution in [3.63, 3.8) is 0 Å². The molecule has 4 nitrogen and oxygen atoms in total. The number of nitrogen functional groups attached to an aromatic ring is 1. The minimum atomic E-state index is 0.640. The molecule has 3 N–H and O–H groups in total. The molecule has 0 saturated heterocycles. The topological polar surface area (TPSA) is 63.8 Å². The van der Waals surface area contributed by atoms with Gasteiger partial charge in [-0.25, -0.2) is 0 Å². The van der Waals surface area contributed by atoms with Crippen LogP contribution in [-0.2, 0) is 6.54 Å². The lowest BCUT2D eigenvalue weighted by Crippen LogP contribution is -2.04. The second kappa shape index (κ2) is 5.69. The fourth-order valence-electron chi connectivity index (χ4n) is 2.17. The van der Waals surface area contributed by atoms with Gasteiger partial charge >= 0.3 is 0 Å². The highest BCUT2D eigenvalue weighted by Gasteiger charge is 2.07. The second-order valence-electron chi connectivity index (χ2n) is 4.91. The Hall–Kier alpha value is -2.14. The molecule has 2 heterocycles. The number of halogens is 1. The molecule has 0 amide bonds. The van der Waals surface area contributed by atoms with Crippen molar-refractivity contribution in [2.75, 3.05) is 11.1 Å². The molecule has 0 bridgehead atoms. The van der Waals surface area contributed by atoms with Gasteiger partial charge in [-0.15, -0.1) is 0 Å². The van der Waals surface area contributed by atoms with Gasteiger partial charge in [-0.2, -0.15) is 0 Å². The van der Waals surface area contributed by atoms with E-state index in [1.807, 2.05) is 37.4 Å². The summed E-state index contributed by atoms with van der Waals surface area (Å²) in [5, 5.41) is 4.40. The summed E-state index contributed by atoms with van der Waals surface area (Å²) in [6.07, 6.45) is 3.56. The van der Waals surface area contributed by atoms with E-state index in [4.69, 9.17) is 5.73 Å². The van der Waals surface area contributed by atoms with Gasteiger partial charge in [0.05, 0.1) is 23.1 Å². The summed E-state index contributed by atoms with van der Waals surface area (Å²) >= 11 is 3.49. The number of hydrogen-bond acceptors (Lipinski definition) is 4. The molecule has 0 unspecified atom stereocenters. The van der Waals surface area contributed by atoms with E-state index >= 15 is 0 Å². The Morgan fingerprint density at radius 2 is 2.00 bits per heavy atom. The van der Waals surface area contributed by atoms with Gasteiger partial charge < -0.3 is 11.1 Å². The van der Waals surface area contributed by atoms with E-state index in [0.717, 1.165) is 32.3 Å². The molecule has 0 spiro atoms. The van der Waals surface area contributed by atoms with Crippen molar-refractivity contribution in [2.45, 2.75) is 13.5 Å². The van der Waals surface area contributed by atoms with Crippen LogP contribution in [0.3, 0.4) is 0 Å². The van der Waals surface area contributed by atoms with E-state index in [2.05, 4.69) is 37.3 Å². The molecule has 0 aliphatic heterocycles. The first-order valence-electron chi connectivity index (χ1n) is 6.62. The number of benzene rings is 1. The molecule has 0 saturated carbocycles. The van der Waals surface area contributed by atoms with Gasteiger partial charge in [0.1, 0.15) is 0 Å². The van der Waals surface area contributed by atoms with Gasteiger partial charge in [0.2, 0.25) is 0 Å². The van der Waals surface area contributed by atoms with Crippen molar-refractivity contribution in [1.82, 2.24) is 9.97 Å². The number of fused-ring (bicyclic) bond motifs is 1. The quantitative estimate of drug-likeness (QED) is 0.757. The molecule has 0 fully saturated rings. The normalized spacial score (nSPS) is 10.8. The molecule has 0 aliphatic rings. The van der Waals surface area contributed by atoms with Gasteiger partial charge in [-0.05, 0) is 36.8 Å². The maximum absolute atomic E-state index is 6.07. The first kappa shape index (κ1) is 13.8. The van der Waals surface area contributed by atoms with Gasteiger partial charge in [0.25, 0.3) is 0 Å². The summed E-state index contributed by atoms with van der Waals surface area (Å²) in [4.78, 5) is 8.65. The monoisotopic (exact) mass is 342 g/mol. The van der Waals surface area contributed by atoms with Crippen LogP contribution in [0.25, 0.3) is 10.9 Å². The third-order valence-electron chi connectivity index (χ3n) is 3.30. The second-order valence-corrected chi connectivity index (χ2v) is 5.83. The first-order chi connectivity index (χ1) is 10.1. The number of pyridine rings is 2. The Kier molecular flexibility index (Phi) is 3.75. The Morgan fingerprint density at radius 3 is 2.76 bits per heavy atom. The number of rotatable bonds is 3. The molecule has 0 radical (unpaired) electrons. The number of hydrogen-bond donors (Lipinski definition) is 2. The molecule has 2 aromatic heterocycles. The van der Waals surface area contributed by atoms with Crippen LogP contribution >= 0.6 is 15.9 Å².